The molecule has 110 valence electrons. The molecular weight excluding hydrogens is 242 g/mol. The number of rotatable bonds is 5. The van der Waals surface area contributed by atoms with Crippen molar-refractivity contribution in [3.8, 4) is 0 Å². The van der Waals surface area contributed by atoms with Crippen molar-refractivity contribution in [2.45, 2.75) is 32.8 Å². The summed E-state index contributed by atoms with van der Waals surface area (Å²) in [6, 6.07) is 0. The van der Waals surface area contributed by atoms with Crippen LogP contribution < -0.4 is 5.32 Å². The van der Waals surface area contributed by atoms with Crippen LogP contribution in [0, 0.1) is 5.41 Å². The topological polar surface area (TPSA) is 46.1 Å². The first-order valence-electron chi connectivity index (χ1n) is 7.31. The third kappa shape index (κ3) is 4.35. The highest BCUT2D eigenvalue weighted by atomic mass is 16.5. The summed E-state index contributed by atoms with van der Waals surface area (Å²) in [5, 5.41) is 3.39. The monoisotopic (exact) mass is 269 g/mol. The third-order valence-electron chi connectivity index (χ3n) is 3.84. The molecule has 2 rings (SSSR count). The van der Waals surface area contributed by atoms with Crippen LogP contribution in [-0.2, 0) is 9.47 Å². The maximum absolute atomic E-state index is 5.69. The van der Waals surface area contributed by atoms with Crippen LogP contribution in [0.4, 0.5) is 0 Å². The predicted molar refractivity (Wildman–Crippen MR) is 76.5 cm³/mol. The standard InChI is InChI=1S/C14H27N3O2/c1-4-15-13(16-11-14(2)5-6-14)17-7-8-19-12(9-17)10-18-3/h12H,4-11H2,1-3H3,(H,15,16). The van der Waals surface area contributed by atoms with E-state index in [2.05, 4.69) is 24.1 Å². The Morgan fingerprint density at radius 2 is 2.32 bits per heavy atom. The van der Waals surface area contributed by atoms with Crippen molar-refractivity contribution in [2.75, 3.05) is 46.5 Å². The van der Waals surface area contributed by atoms with E-state index in [-0.39, 0.29) is 6.10 Å². The highest BCUT2D eigenvalue weighted by molar-refractivity contribution is 5.80. The summed E-state index contributed by atoms with van der Waals surface area (Å²) in [7, 11) is 1.72. The number of hydrogen-bond acceptors (Lipinski definition) is 3. The Balaban J connectivity index is 1.92. The molecule has 2 aliphatic rings. The Labute approximate surface area is 116 Å². The lowest BCUT2D eigenvalue weighted by Gasteiger charge is -2.35. The number of guanidine groups is 1. The van der Waals surface area contributed by atoms with Crippen molar-refractivity contribution in [1.82, 2.24) is 10.2 Å². The molecule has 1 atom stereocenters. The van der Waals surface area contributed by atoms with E-state index in [4.69, 9.17) is 14.5 Å². The van der Waals surface area contributed by atoms with Gasteiger partial charge in [0.2, 0.25) is 0 Å². The molecule has 0 bridgehead atoms. The summed E-state index contributed by atoms with van der Waals surface area (Å²) in [5.41, 5.74) is 0.457. The van der Waals surface area contributed by atoms with Crippen molar-refractivity contribution < 1.29 is 9.47 Å². The summed E-state index contributed by atoms with van der Waals surface area (Å²) < 4.78 is 10.9. The third-order valence-corrected chi connectivity index (χ3v) is 3.84. The van der Waals surface area contributed by atoms with Gasteiger partial charge in [-0.15, -0.1) is 0 Å². The molecule has 0 amide bonds. The van der Waals surface area contributed by atoms with Crippen molar-refractivity contribution >= 4 is 5.96 Å². The minimum Gasteiger partial charge on any atom is -0.382 e. The van der Waals surface area contributed by atoms with Gasteiger partial charge in [-0.2, -0.15) is 0 Å². The number of hydrogen-bond donors (Lipinski definition) is 1. The van der Waals surface area contributed by atoms with E-state index in [1.165, 1.54) is 12.8 Å². The predicted octanol–water partition coefficient (Wildman–Crippen LogP) is 1.10. The van der Waals surface area contributed by atoms with Crippen LogP contribution in [0.1, 0.15) is 26.7 Å². The smallest absolute Gasteiger partial charge is 0.194 e. The minimum atomic E-state index is 0.152. The van der Waals surface area contributed by atoms with Crippen LogP contribution in [0.15, 0.2) is 4.99 Å². The zero-order valence-corrected chi connectivity index (χ0v) is 12.4. The lowest BCUT2D eigenvalue weighted by atomic mass is 10.1. The molecule has 1 aliphatic carbocycles. The molecule has 1 aliphatic heterocycles. The Hall–Kier alpha value is -0.810. The number of methoxy groups -OCH3 is 1. The van der Waals surface area contributed by atoms with Crippen molar-refractivity contribution in [3.05, 3.63) is 0 Å². The highest BCUT2D eigenvalue weighted by Gasteiger charge is 2.37. The molecule has 1 saturated carbocycles. The van der Waals surface area contributed by atoms with Crippen molar-refractivity contribution in [3.63, 3.8) is 0 Å². The van der Waals surface area contributed by atoms with E-state index >= 15 is 0 Å². The van der Waals surface area contributed by atoms with Gasteiger partial charge in [0.25, 0.3) is 0 Å². The lowest BCUT2D eigenvalue weighted by Crippen LogP contribution is -2.51. The average molecular weight is 269 g/mol. The quantitative estimate of drug-likeness (QED) is 0.600. The van der Waals surface area contributed by atoms with Gasteiger partial charge in [-0.3, -0.25) is 4.99 Å². The van der Waals surface area contributed by atoms with Crippen LogP contribution in [-0.4, -0.2) is 63.5 Å². The van der Waals surface area contributed by atoms with Gasteiger partial charge in [-0.05, 0) is 25.2 Å². The first-order valence-corrected chi connectivity index (χ1v) is 7.31. The largest absolute Gasteiger partial charge is 0.382 e. The Kier molecular flexibility index (Phi) is 5.05. The number of nitrogens with one attached hydrogen (secondary N) is 1. The molecule has 1 N–H and O–H groups in total. The van der Waals surface area contributed by atoms with E-state index < -0.39 is 0 Å². The van der Waals surface area contributed by atoms with Crippen LogP contribution in [0.25, 0.3) is 0 Å². The van der Waals surface area contributed by atoms with Crippen LogP contribution in [0.5, 0.6) is 0 Å². The van der Waals surface area contributed by atoms with E-state index in [0.29, 0.717) is 12.0 Å². The maximum Gasteiger partial charge on any atom is 0.194 e. The number of aliphatic imine (C=N–C) groups is 1. The average Bonchev–Trinajstić information content (AvgIpc) is 3.14. The number of morpholine rings is 1. The highest BCUT2D eigenvalue weighted by Crippen LogP contribution is 2.45. The fourth-order valence-corrected chi connectivity index (χ4v) is 2.26. The summed E-state index contributed by atoms with van der Waals surface area (Å²) in [4.78, 5) is 7.09. The summed E-state index contributed by atoms with van der Waals surface area (Å²) in [6.07, 6.45) is 2.77. The first-order chi connectivity index (χ1) is 9.17. The molecule has 19 heavy (non-hydrogen) atoms. The Bertz CT molecular complexity index is 314. The van der Waals surface area contributed by atoms with E-state index in [1.54, 1.807) is 7.11 Å². The molecule has 1 unspecified atom stereocenters. The maximum atomic E-state index is 5.69. The molecule has 0 aromatic carbocycles. The Morgan fingerprint density at radius 1 is 1.53 bits per heavy atom. The van der Waals surface area contributed by atoms with Gasteiger partial charge >= 0.3 is 0 Å². The number of ether oxygens (including phenoxy) is 2. The van der Waals surface area contributed by atoms with E-state index in [0.717, 1.165) is 38.7 Å². The summed E-state index contributed by atoms with van der Waals surface area (Å²) >= 11 is 0. The summed E-state index contributed by atoms with van der Waals surface area (Å²) in [5.74, 6) is 1.03. The molecule has 1 heterocycles. The van der Waals surface area contributed by atoms with Gasteiger partial charge in [0.05, 0.1) is 19.3 Å². The number of nitrogens with zero attached hydrogens (tertiary/aromatic N) is 2. The second-order valence-electron chi connectivity index (χ2n) is 5.87. The molecule has 0 aromatic rings. The lowest BCUT2D eigenvalue weighted by molar-refractivity contribution is -0.0447. The van der Waals surface area contributed by atoms with Gasteiger partial charge < -0.3 is 19.7 Å². The van der Waals surface area contributed by atoms with Crippen molar-refractivity contribution in [1.29, 1.82) is 0 Å². The molecule has 0 aromatic heterocycles. The normalized spacial score (nSPS) is 26.4. The molecule has 1 saturated heterocycles. The molecule has 0 radical (unpaired) electrons. The molecule has 5 nitrogen and oxygen atoms in total. The SMILES string of the molecule is CCNC(=NCC1(C)CC1)N1CCOC(COC)C1. The minimum absolute atomic E-state index is 0.152. The molecule has 5 heteroatoms. The fraction of sp³-hybridized carbons (Fsp3) is 0.929. The second-order valence-corrected chi connectivity index (χ2v) is 5.87. The van der Waals surface area contributed by atoms with Gasteiger partial charge in [0.1, 0.15) is 0 Å². The van der Waals surface area contributed by atoms with Crippen LogP contribution in [0.2, 0.25) is 0 Å². The zero-order chi connectivity index (χ0) is 13.7. The Morgan fingerprint density at radius 3 is 2.95 bits per heavy atom. The van der Waals surface area contributed by atoms with Gasteiger partial charge in [0, 0.05) is 33.3 Å². The second kappa shape index (κ2) is 6.57. The van der Waals surface area contributed by atoms with Crippen LogP contribution in [0.3, 0.4) is 0 Å². The van der Waals surface area contributed by atoms with Gasteiger partial charge in [-0.25, -0.2) is 0 Å². The van der Waals surface area contributed by atoms with Gasteiger partial charge in [0.15, 0.2) is 5.96 Å². The molecule has 2 fully saturated rings. The van der Waals surface area contributed by atoms with Gasteiger partial charge in [-0.1, -0.05) is 6.92 Å². The fourth-order valence-electron chi connectivity index (χ4n) is 2.26. The zero-order valence-electron chi connectivity index (χ0n) is 12.4. The summed E-state index contributed by atoms with van der Waals surface area (Å²) in [6.45, 7) is 9.42. The molecule has 0 spiro atoms. The first kappa shape index (κ1) is 14.6. The van der Waals surface area contributed by atoms with Crippen LogP contribution >= 0.6 is 0 Å². The van der Waals surface area contributed by atoms with E-state index in [9.17, 15) is 0 Å². The molecular formula is C14H27N3O2. The van der Waals surface area contributed by atoms with E-state index in [1.807, 2.05) is 0 Å². The van der Waals surface area contributed by atoms with Crippen molar-refractivity contribution in [2.24, 2.45) is 10.4 Å².